The molecule has 0 spiro atoms. The molecule has 1 heterocycles. The van der Waals surface area contributed by atoms with Gasteiger partial charge in [0.15, 0.2) is 11.9 Å². The molecule has 7 N–H and O–H groups in total. The third-order valence-corrected chi connectivity index (χ3v) is 4.80. The summed E-state index contributed by atoms with van der Waals surface area (Å²) >= 11 is 0. The average Bonchev–Trinajstić information content (AvgIpc) is 2.70. The van der Waals surface area contributed by atoms with Crippen LogP contribution in [0.2, 0.25) is 0 Å². The zero-order valence-corrected chi connectivity index (χ0v) is 17.7. The predicted molar refractivity (Wildman–Crippen MR) is 115 cm³/mol. The first-order valence-corrected chi connectivity index (χ1v) is 10.7. The molecule has 0 saturated carbocycles. The molecule has 0 aromatic rings. The Bertz CT molecular complexity index is 526. The van der Waals surface area contributed by atoms with Crippen molar-refractivity contribution in [3.8, 4) is 0 Å². The summed E-state index contributed by atoms with van der Waals surface area (Å²) in [7, 11) is 1.50. The van der Waals surface area contributed by atoms with E-state index in [-0.39, 0.29) is 18.0 Å². The van der Waals surface area contributed by atoms with Crippen molar-refractivity contribution in [1.29, 1.82) is 10.8 Å². The van der Waals surface area contributed by atoms with E-state index in [1.54, 1.807) is 0 Å². The van der Waals surface area contributed by atoms with E-state index in [0.29, 0.717) is 13.1 Å². The Labute approximate surface area is 174 Å². The minimum atomic E-state index is -0.411. The van der Waals surface area contributed by atoms with Crippen LogP contribution in [0.1, 0.15) is 64.2 Å². The van der Waals surface area contributed by atoms with Crippen LogP contribution >= 0.6 is 0 Å². The van der Waals surface area contributed by atoms with Crippen LogP contribution in [0.4, 0.5) is 9.59 Å². The summed E-state index contributed by atoms with van der Waals surface area (Å²) in [4.78, 5) is 25.3. The first kappa shape index (κ1) is 24.5. The number of guanidine groups is 2. The van der Waals surface area contributed by atoms with Crippen molar-refractivity contribution in [3.05, 3.63) is 0 Å². The molecular formula is C19H38N8O2. The fourth-order valence-corrected chi connectivity index (χ4v) is 3.11. The second-order valence-corrected chi connectivity index (χ2v) is 7.26. The lowest BCUT2D eigenvalue weighted by Gasteiger charge is -2.23. The minimum absolute atomic E-state index is 0.00721. The van der Waals surface area contributed by atoms with E-state index in [9.17, 15) is 9.59 Å². The smallest absolute Gasteiger partial charge is 0.324 e. The van der Waals surface area contributed by atoms with Gasteiger partial charge in [0.25, 0.3) is 0 Å². The Morgan fingerprint density at radius 3 is 2.52 bits per heavy atom. The van der Waals surface area contributed by atoms with Crippen molar-refractivity contribution < 1.29 is 9.59 Å². The van der Waals surface area contributed by atoms with Gasteiger partial charge in [-0.25, -0.2) is 9.59 Å². The van der Waals surface area contributed by atoms with Gasteiger partial charge >= 0.3 is 12.1 Å². The minimum Gasteiger partial charge on any atom is -0.356 e. The monoisotopic (exact) mass is 410 g/mol. The molecule has 4 amide bonds. The Balaban J connectivity index is 2.24. The number of nitrogens with zero attached hydrogens (tertiary/aromatic N) is 1. The van der Waals surface area contributed by atoms with E-state index in [1.807, 2.05) is 4.90 Å². The molecule has 10 nitrogen and oxygen atoms in total. The molecule has 0 aromatic carbocycles. The Morgan fingerprint density at radius 2 is 1.76 bits per heavy atom. The van der Waals surface area contributed by atoms with Crippen LogP contribution < -0.4 is 26.6 Å². The first-order chi connectivity index (χ1) is 14.0. The second-order valence-electron chi connectivity index (χ2n) is 7.26. The van der Waals surface area contributed by atoms with E-state index in [1.165, 1.54) is 19.9 Å². The van der Waals surface area contributed by atoms with Gasteiger partial charge in [0.2, 0.25) is 0 Å². The van der Waals surface area contributed by atoms with Gasteiger partial charge < -0.3 is 20.9 Å². The zero-order valence-electron chi connectivity index (χ0n) is 17.7. The second kappa shape index (κ2) is 15.4. The van der Waals surface area contributed by atoms with E-state index in [2.05, 4.69) is 26.6 Å². The maximum absolute atomic E-state index is 12.4. The third-order valence-electron chi connectivity index (χ3n) is 4.80. The third kappa shape index (κ3) is 12.5. The lowest BCUT2D eigenvalue weighted by molar-refractivity contribution is 0.200. The van der Waals surface area contributed by atoms with Gasteiger partial charge in [0.05, 0.1) is 0 Å². The van der Waals surface area contributed by atoms with Gasteiger partial charge in [-0.1, -0.05) is 38.5 Å². The lowest BCUT2D eigenvalue weighted by Crippen LogP contribution is -2.48. The highest BCUT2D eigenvalue weighted by atomic mass is 16.2. The summed E-state index contributed by atoms with van der Waals surface area (Å²) in [5.41, 5.74) is 0. The molecule has 1 rings (SSSR count). The Hall–Kier alpha value is -2.52. The van der Waals surface area contributed by atoms with E-state index in [4.69, 9.17) is 10.8 Å². The van der Waals surface area contributed by atoms with Crippen molar-refractivity contribution in [2.24, 2.45) is 0 Å². The molecule has 10 heteroatoms. The van der Waals surface area contributed by atoms with Gasteiger partial charge in [0, 0.05) is 33.2 Å². The number of amides is 4. The van der Waals surface area contributed by atoms with Crippen LogP contribution in [0.5, 0.6) is 0 Å². The molecular weight excluding hydrogens is 372 g/mol. The summed E-state index contributed by atoms with van der Waals surface area (Å²) in [6.45, 7) is 2.75. The standard InChI is InChI=1S/C19H38N8O2/c1-22-18(28)25-16(20)23-12-9-5-7-11-15-27-14-10-6-3-2-4-8-13-24-17(21)26-19(27)29/h2-15H2,1H3,(H3,21,24,26,29)(H4,20,22,23,25,28). The highest BCUT2D eigenvalue weighted by molar-refractivity contribution is 5.95. The number of hydrogen-bond donors (Lipinski definition) is 7. The van der Waals surface area contributed by atoms with Crippen molar-refractivity contribution in [2.45, 2.75) is 64.2 Å². The first-order valence-electron chi connectivity index (χ1n) is 10.7. The number of carbonyl (C=O) groups excluding carboxylic acids is 2. The van der Waals surface area contributed by atoms with Crippen LogP contribution in [0.25, 0.3) is 0 Å². The number of nitrogens with one attached hydrogen (secondary N) is 7. The molecule has 29 heavy (non-hydrogen) atoms. The van der Waals surface area contributed by atoms with Crippen LogP contribution in [-0.2, 0) is 0 Å². The van der Waals surface area contributed by atoms with Gasteiger partial charge in [0.1, 0.15) is 0 Å². The van der Waals surface area contributed by atoms with Crippen LogP contribution in [0, 0.1) is 10.8 Å². The number of hydrogen-bond acceptors (Lipinski definition) is 4. The highest BCUT2D eigenvalue weighted by Gasteiger charge is 2.14. The van der Waals surface area contributed by atoms with Gasteiger partial charge in [-0.2, -0.15) is 0 Å². The summed E-state index contributed by atoms with van der Waals surface area (Å²) in [5, 5.41) is 28.6. The molecule has 1 aliphatic heterocycles. The molecule has 1 fully saturated rings. The molecule has 1 aliphatic rings. The van der Waals surface area contributed by atoms with E-state index < -0.39 is 6.03 Å². The number of carbonyl (C=O) groups is 2. The summed E-state index contributed by atoms with van der Waals surface area (Å²) in [6.07, 6.45) is 10.5. The van der Waals surface area contributed by atoms with E-state index in [0.717, 1.165) is 64.5 Å². The van der Waals surface area contributed by atoms with Gasteiger partial charge in [-0.3, -0.25) is 21.5 Å². The van der Waals surface area contributed by atoms with Gasteiger partial charge in [-0.05, 0) is 25.7 Å². The maximum Gasteiger partial charge on any atom is 0.324 e. The fourth-order valence-electron chi connectivity index (χ4n) is 3.11. The molecule has 0 atom stereocenters. The predicted octanol–water partition coefficient (Wildman–Crippen LogP) is 1.89. The Morgan fingerprint density at radius 1 is 1.07 bits per heavy atom. The SMILES string of the molecule is CNC(=O)NC(=N)NCCCCCCN1CCCCCCCCNC(=N)NC1=O. The highest BCUT2D eigenvalue weighted by Crippen LogP contribution is 2.08. The van der Waals surface area contributed by atoms with Crippen LogP contribution in [0.15, 0.2) is 0 Å². The van der Waals surface area contributed by atoms with Crippen molar-refractivity contribution in [3.63, 3.8) is 0 Å². The quantitative estimate of drug-likeness (QED) is 0.195. The average molecular weight is 411 g/mol. The van der Waals surface area contributed by atoms with Crippen LogP contribution in [-0.4, -0.2) is 62.1 Å². The van der Waals surface area contributed by atoms with Crippen molar-refractivity contribution in [2.75, 3.05) is 33.2 Å². The number of unbranched alkanes of at least 4 members (excludes halogenated alkanes) is 3. The molecule has 0 unspecified atom stereocenters. The summed E-state index contributed by atoms with van der Waals surface area (Å²) < 4.78 is 0. The molecule has 0 radical (unpaired) electrons. The van der Waals surface area contributed by atoms with Crippen LogP contribution in [0.3, 0.4) is 0 Å². The topological polar surface area (TPSA) is 145 Å². The molecule has 0 aromatic heterocycles. The summed E-state index contributed by atoms with van der Waals surface area (Å²) in [5.74, 6) is 0.0744. The zero-order chi connectivity index (χ0) is 21.3. The molecule has 0 aliphatic carbocycles. The van der Waals surface area contributed by atoms with Gasteiger partial charge in [-0.15, -0.1) is 0 Å². The summed E-state index contributed by atoms with van der Waals surface area (Å²) in [6, 6.07) is -0.608. The molecule has 166 valence electrons. The number of urea groups is 2. The van der Waals surface area contributed by atoms with Crippen molar-refractivity contribution >= 4 is 24.0 Å². The maximum atomic E-state index is 12.4. The number of rotatable bonds is 7. The molecule has 0 bridgehead atoms. The largest absolute Gasteiger partial charge is 0.356 e. The van der Waals surface area contributed by atoms with Crippen molar-refractivity contribution in [1.82, 2.24) is 31.5 Å². The fraction of sp³-hybridized carbons (Fsp3) is 0.789. The lowest BCUT2D eigenvalue weighted by atomic mass is 10.1. The van der Waals surface area contributed by atoms with E-state index >= 15 is 0 Å². The molecule has 1 saturated heterocycles. The Kier molecular flexibility index (Phi) is 13.0. The normalized spacial score (nSPS) is 16.4.